The fourth-order valence-electron chi connectivity index (χ4n) is 1.27. The van der Waals surface area contributed by atoms with Gasteiger partial charge in [0.25, 0.3) is 0 Å². The van der Waals surface area contributed by atoms with Gasteiger partial charge in [-0.15, -0.1) is 0 Å². The molecule has 1 radical (unpaired) electrons. The van der Waals surface area contributed by atoms with Gasteiger partial charge in [-0.3, -0.25) is 0 Å². The number of benzene rings is 1. The van der Waals surface area contributed by atoms with Crippen LogP contribution in [-0.2, 0) is 7.06 Å². The van der Waals surface area contributed by atoms with Crippen molar-refractivity contribution in [1.82, 2.24) is 0 Å². The number of carboxylic acids is 1. The van der Waals surface area contributed by atoms with Gasteiger partial charge >= 0.3 is 97.5 Å². The number of hydrogen-bond donors (Lipinski definition) is 1. The molecule has 0 saturated carbocycles. The molecule has 2 aliphatic rings. The molecule has 0 aromatic heterocycles. The van der Waals surface area contributed by atoms with Gasteiger partial charge in [-0.05, 0) is 0 Å². The Morgan fingerprint density at radius 1 is 1.19 bits per heavy atom. The molecule has 0 atom stereocenters. The second-order valence-corrected chi connectivity index (χ2v) is 4.37. The van der Waals surface area contributed by atoms with Crippen molar-refractivity contribution in [2.24, 2.45) is 0 Å². The fraction of sp³-hybridized carbons (Fsp3) is 0. The molecule has 16 heavy (non-hydrogen) atoms. The summed E-state index contributed by atoms with van der Waals surface area (Å²) in [5.41, 5.74) is -0.207. The van der Waals surface area contributed by atoms with E-state index in [0.717, 1.165) is 6.07 Å². The van der Waals surface area contributed by atoms with Crippen molar-refractivity contribution in [3.8, 4) is 0 Å². The van der Waals surface area contributed by atoms with Crippen LogP contribution in [0.4, 0.5) is 0 Å². The van der Waals surface area contributed by atoms with E-state index in [9.17, 15) is 14.4 Å². The summed E-state index contributed by atoms with van der Waals surface area (Å²) in [6.07, 6.45) is 0. The third kappa shape index (κ3) is 1.82. The van der Waals surface area contributed by atoms with Crippen molar-refractivity contribution in [2.45, 2.75) is 0 Å². The van der Waals surface area contributed by atoms with Crippen LogP contribution in [-0.4, -0.2) is 41.2 Å². The number of aromatic carboxylic acids is 1. The van der Waals surface area contributed by atoms with Crippen LogP contribution in [0.25, 0.3) is 0 Å². The van der Waals surface area contributed by atoms with E-state index < -0.39 is 36.0 Å². The standard InChI is InChI=1S/C9H6O6.Ga/c10-7(11)4-1-2-5(8(12)13)6(3-4)9(14)15;/h1-3H,(H,10,11)(H,12,13)(H,14,15);/q;+2/p-2. The second-order valence-electron chi connectivity index (χ2n) is 2.97. The first kappa shape index (κ1) is 10.8. The van der Waals surface area contributed by atoms with Gasteiger partial charge in [-0.1, -0.05) is 0 Å². The number of carbonyl (C=O) groups excluding carboxylic acids is 2. The Bertz CT molecular complexity index is 495. The van der Waals surface area contributed by atoms with Gasteiger partial charge in [0.2, 0.25) is 0 Å². The van der Waals surface area contributed by atoms with E-state index in [0.29, 0.717) is 0 Å². The molecule has 7 heteroatoms. The first-order valence-electron chi connectivity index (χ1n) is 4.20. The number of carboxylic acid groups (broad SMARTS) is 1. The third-order valence-corrected chi connectivity index (χ3v) is 3.32. The maximum atomic E-state index is 11.4. The molecule has 2 bridgehead atoms. The molecule has 0 amide bonds. The molecule has 0 unspecified atom stereocenters. The van der Waals surface area contributed by atoms with Crippen molar-refractivity contribution >= 4 is 36.0 Å². The van der Waals surface area contributed by atoms with Crippen LogP contribution in [0, 0.1) is 0 Å². The summed E-state index contributed by atoms with van der Waals surface area (Å²) >= 11 is -1.90. The first-order valence-corrected chi connectivity index (χ1v) is 6.18. The van der Waals surface area contributed by atoms with Crippen LogP contribution in [0.2, 0.25) is 0 Å². The monoisotopic (exact) mass is 277 g/mol. The molecule has 1 N–H and O–H groups in total. The van der Waals surface area contributed by atoms with Crippen molar-refractivity contribution in [2.75, 3.05) is 0 Å². The predicted octanol–water partition coefficient (Wildman–Crippen LogP) is 0.246. The molecule has 0 aliphatic carbocycles. The summed E-state index contributed by atoms with van der Waals surface area (Å²) in [4.78, 5) is 33.7. The molecule has 0 spiro atoms. The molecule has 79 valence electrons. The van der Waals surface area contributed by atoms with Gasteiger partial charge in [0, 0.05) is 0 Å². The van der Waals surface area contributed by atoms with E-state index in [4.69, 9.17) is 12.2 Å². The summed E-state index contributed by atoms with van der Waals surface area (Å²) in [6, 6.07) is 3.71. The number of hydrogen-bond acceptors (Lipinski definition) is 5. The van der Waals surface area contributed by atoms with E-state index in [2.05, 4.69) is 0 Å². The van der Waals surface area contributed by atoms with Crippen molar-refractivity contribution in [3.63, 3.8) is 0 Å². The maximum absolute atomic E-state index is 11.4. The Labute approximate surface area is 97.8 Å². The predicted molar refractivity (Wildman–Crippen MR) is 50.0 cm³/mol. The van der Waals surface area contributed by atoms with Crippen molar-refractivity contribution in [1.29, 1.82) is 0 Å². The summed E-state index contributed by atoms with van der Waals surface area (Å²) in [5.74, 6) is -2.71. The zero-order chi connectivity index (χ0) is 11.7. The minimum absolute atomic E-state index is 0.0632. The topological polar surface area (TPSA) is 89.9 Å². The van der Waals surface area contributed by atoms with E-state index >= 15 is 0 Å². The molecular weight excluding hydrogens is 274 g/mol. The molecule has 0 fully saturated rings. The Morgan fingerprint density at radius 3 is 2.56 bits per heavy atom. The van der Waals surface area contributed by atoms with E-state index in [1.807, 2.05) is 0 Å². The van der Waals surface area contributed by atoms with Gasteiger partial charge in [0.1, 0.15) is 0 Å². The van der Waals surface area contributed by atoms with Crippen LogP contribution in [0.5, 0.6) is 0 Å². The molecule has 2 heterocycles. The average molecular weight is 278 g/mol. The van der Waals surface area contributed by atoms with E-state index in [1.54, 1.807) is 0 Å². The molecule has 6 nitrogen and oxygen atoms in total. The number of rotatable bonds is 1. The van der Waals surface area contributed by atoms with E-state index in [1.165, 1.54) is 12.1 Å². The molecule has 0 saturated heterocycles. The zero-order valence-corrected chi connectivity index (χ0v) is 10.2. The van der Waals surface area contributed by atoms with Crippen LogP contribution >= 0.6 is 0 Å². The first-order chi connectivity index (χ1) is 7.59. The Balaban J connectivity index is 2.63. The Morgan fingerprint density at radius 2 is 1.88 bits per heavy atom. The van der Waals surface area contributed by atoms with Gasteiger partial charge in [0.15, 0.2) is 0 Å². The van der Waals surface area contributed by atoms with Crippen molar-refractivity contribution in [3.05, 3.63) is 34.9 Å². The summed E-state index contributed by atoms with van der Waals surface area (Å²) in [6.45, 7) is 0. The molecule has 1 aromatic carbocycles. The second kappa shape index (κ2) is 4.03. The summed E-state index contributed by atoms with van der Waals surface area (Å²) < 4.78 is 9.44. The normalized spacial score (nSPS) is 14.0. The van der Waals surface area contributed by atoms with Crippen LogP contribution in [0.1, 0.15) is 31.1 Å². The van der Waals surface area contributed by atoms with Crippen LogP contribution < -0.4 is 0 Å². The average Bonchev–Trinajstić information content (AvgIpc) is 2.35. The number of carbonyl (C=O) groups is 3. The van der Waals surface area contributed by atoms with Gasteiger partial charge < -0.3 is 0 Å². The van der Waals surface area contributed by atoms with Crippen molar-refractivity contribution < 1.29 is 26.5 Å². The molecule has 1 aromatic rings. The van der Waals surface area contributed by atoms with E-state index in [-0.39, 0.29) is 16.7 Å². The Kier molecular flexibility index (Phi) is 2.71. The van der Waals surface area contributed by atoms with Gasteiger partial charge in [-0.25, -0.2) is 0 Å². The quantitative estimate of drug-likeness (QED) is 0.740. The Hall–Kier alpha value is -1.73. The number of fused-ring (bicyclic) bond motifs is 6. The SMILES string of the molecule is O=C1[O][Ga][O]C(=O)c2ccc1cc2C(=O)O. The van der Waals surface area contributed by atoms with Gasteiger partial charge in [0.05, 0.1) is 0 Å². The summed E-state index contributed by atoms with van der Waals surface area (Å²) in [7, 11) is 0. The van der Waals surface area contributed by atoms with Gasteiger partial charge in [-0.2, -0.15) is 0 Å². The third-order valence-electron chi connectivity index (χ3n) is 2.02. The minimum atomic E-state index is -1.90. The molecule has 3 rings (SSSR count). The van der Waals surface area contributed by atoms with Crippen LogP contribution in [0.15, 0.2) is 18.2 Å². The fourth-order valence-corrected chi connectivity index (χ4v) is 2.29. The molecule has 2 aliphatic heterocycles. The summed E-state index contributed by atoms with van der Waals surface area (Å²) in [5, 5.41) is 8.89. The zero-order valence-electron chi connectivity index (χ0n) is 7.80. The van der Waals surface area contributed by atoms with Crippen LogP contribution in [0.3, 0.4) is 0 Å². The molecular formula is C9H4GaO6.